The number of carbonyl (C=O) groups excluding carboxylic acids is 1. The molecule has 1 amide bonds. The van der Waals surface area contributed by atoms with E-state index in [4.69, 9.17) is 9.47 Å². The predicted octanol–water partition coefficient (Wildman–Crippen LogP) is 6.97. The highest BCUT2D eigenvalue weighted by Gasteiger charge is 2.40. The Morgan fingerprint density at radius 2 is 1.64 bits per heavy atom. The first-order valence-electron chi connectivity index (χ1n) is 14.7. The lowest BCUT2D eigenvalue weighted by molar-refractivity contribution is -0.0342. The Morgan fingerprint density at radius 1 is 0.923 bits per heavy atom. The van der Waals surface area contributed by atoms with Gasteiger partial charge in [0.2, 0.25) is 0 Å². The number of benzene rings is 3. The fourth-order valence-electron chi connectivity index (χ4n) is 6.04. The van der Waals surface area contributed by atoms with E-state index in [1.54, 1.807) is 0 Å². The standard InChI is InChI=1S/C33H42N2O4/c1-2-3-24-38-32(36)35-22-20-34(21-23-35)25-30(33(37)18-7-4-8-19-33)27-14-16-28(17-15-27)39-31-13-9-11-26-10-5-6-12-29(26)31/h5-6,9-17,30,37H,2-4,7-8,18-25H2,1H3. The lowest BCUT2D eigenvalue weighted by Gasteiger charge is -2.43. The summed E-state index contributed by atoms with van der Waals surface area (Å²) < 4.78 is 11.7. The molecular formula is C33H42N2O4. The minimum Gasteiger partial charge on any atom is -0.457 e. The smallest absolute Gasteiger partial charge is 0.409 e. The number of aliphatic hydroxyl groups is 1. The molecule has 0 radical (unpaired) electrons. The Kier molecular flexibility index (Phi) is 9.05. The maximum Gasteiger partial charge on any atom is 0.409 e. The number of hydrogen-bond donors (Lipinski definition) is 1. The lowest BCUT2D eigenvalue weighted by Crippen LogP contribution is -2.52. The highest BCUT2D eigenvalue weighted by atomic mass is 16.6. The zero-order chi connectivity index (χ0) is 27.1. The summed E-state index contributed by atoms with van der Waals surface area (Å²) >= 11 is 0. The van der Waals surface area contributed by atoms with Gasteiger partial charge in [-0.15, -0.1) is 0 Å². The van der Waals surface area contributed by atoms with Crippen LogP contribution in [0.4, 0.5) is 4.79 Å². The van der Waals surface area contributed by atoms with Crippen molar-refractivity contribution in [3.63, 3.8) is 0 Å². The van der Waals surface area contributed by atoms with E-state index in [-0.39, 0.29) is 12.0 Å². The van der Waals surface area contributed by atoms with Gasteiger partial charge in [-0.1, -0.05) is 81.1 Å². The number of ether oxygens (including phenoxy) is 2. The van der Waals surface area contributed by atoms with E-state index in [1.165, 1.54) is 6.42 Å². The van der Waals surface area contributed by atoms with Crippen molar-refractivity contribution in [1.29, 1.82) is 0 Å². The molecule has 208 valence electrons. The van der Waals surface area contributed by atoms with Crippen molar-refractivity contribution in [3.05, 3.63) is 72.3 Å². The fourth-order valence-corrected chi connectivity index (χ4v) is 6.04. The molecule has 0 bridgehead atoms. The lowest BCUT2D eigenvalue weighted by atomic mass is 9.72. The number of piperazine rings is 1. The molecule has 1 N–H and O–H groups in total. The molecule has 3 aromatic rings. The third kappa shape index (κ3) is 6.74. The first-order chi connectivity index (χ1) is 19.1. The van der Waals surface area contributed by atoms with Crippen molar-refractivity contribution in [1.82, 2.24) is 9.80 Å². The normalized spacial score (nSPS) is 18.6. The number of hydrogen-bond acceptors (Lipinski definition) is 5. The maximum absolute atomic E-state index is 12.4. The SMILES string of the molecule is CCCCOC(=O)N1CCN(CC(c2ccc(Oc3cccc4ccccc34)cc2)C2(O)CCCCC2)CC1. The molecule has 1 heterocycles. The van der Waals surface area contributed by atoms with E-state index < -0.39 is 5.60 Å². The largest absolute Gasteiger partial charge is 0.457 e. The number of amides is 1. The van der Waals surface area contributed by atoms with Crippen LogP contribution in [0.25, 0.3) is 10.8 Å². The first-order valence-corrected chi connectivity index (χ1v) is 14.7. The highest BCUT2D eigenvalue weighted by molar-refractivity contribution is 5.88. The van der Waals surface area contributed by atoms with Gasteiger partial charge in [0.1, 0.15) is 11.5 Å². The molecule has 3 aromatic carbocycles. The topological polar surface area (TPSA) is 62.2 Å². The predicted molar refractivity (Wildman–Crippen MR) is 156 cm³/mol. The van der Waals surface area contributed by atoms with E-state index in [1.807, 2.05) is 41.3 Å². The molecule has 1 atom stereocenters. The van der Waals surface area contributed by atoms with Crippen LogP contribution in [0.1, 0.15) is 63.4 Å². The van der Waals surface area contributed by atoms with Gasteiger partial charge in [0.15, 0.2) is 0 Å². The average Bonchev–Trinajstić information content (AvgIpc) is 2.97. The molecule has 2 fully saturated rings. The van der Waals surface area contributed by atoms with Crippen LogP contribution in [-0.4, -0.2) is 65.9 Å². The van der Waals surface area contributed by atoms with Gasteiger partial charge in [0, 0.05) is 44.0 Å². The van der Waals surface area contributed by atoms with Crippen molar-refractivity contribution in [2.24, 2.45) is 0 Å². The second-order valence-electron chi connectivity index (χ2n) is 11.1. The number of nitrogens with zero attached hydrogens (tertiary/aromatic N) is 2. The quantitative estimate of drug-likeness (QED) is 0.303. The zero-order valence-corrected chi connectivity index (χ0v) is 23.2. The van der Waals surface area contributed by atoms with Crippen molar-refractivity contribution in [2.75, 3.05) is 39.3 Å². The second kappa shape index (κ2) is 12.8. The van der Waals surface area contributed by atoms with E-state index in [0.29, 0.717) is 19.7 Å². The van der Waals surface area contributed by atoms with Crippen molar-refractivity contribution >= 4 is 16.9 Å². The number of carbonyl (C=O) groups is 1. The summed E-state index contributed by atoms with van der Waals surface area (Å²) in [6.07, 6.45) is 6.68. The van der Waals surface area contributed by atoms with Crippen molar-refractivity contribution < 1.29 is 19.4 Å². The minimum absolute atomic E-state index is 0.00691. The van der Waals surface area contributed by atoms with Crippen LogP contribution in [0.5, 0.6) is 11.5 Å². The second-order valence-corrected chi connectivity index (χ2v) is 11.1. The Labute approximate surface area is 232 Å². The molecule has 39 heavy (non-hydrogen) atoms. The summed E-state index contributed by atoms with van der Waals surface area (Å²) in [5.41, 5.74) is 0.429. The van der Waals surface area contributed by atoms with Crippen LogP contribution in [0.3, 0.4) is 0 Å². The summed E-state index contributed by atoms with van der Waals surface area (Å²) in [4.78, 5) is 16.6. The van der Waals surface area contributed by atoms with Crippen LogP contribution in [-0.2, 0) is 4.74 Å². The van der Waals surface area contributed by atoms with Gasteiger partial charge < -0.3 is 19.5 Å². The molecule has 1 unspecified atom stereocenters. The molecule has 5 rings (SSSR count). The molecule has 2 aliphatic rings. The monoisotopic (exact) mass is 530 g/mol. The number of rotatable bonds is 9. The van der Waals surface area contributed by atoms with Gasteiger partial charge >= 0.3 is 6.09 Å². The Bertz CT molecular complexity index is 1210. The van der Waals surface area contributed by atoms with E-state index in [9.17, 15) is 9.90 Å². The molecule has 0 spiro atoms. The average molecular weight is 531 g/mol. The van der Waals surface area contributed by atoms with E-state index in [2.05, 4.69) is 42.2 Å². The van der Waals surface area contributed by atoms with Crippen LogP contribution in [0.2, 0.25) is 0 Å². The van der Waals surface area contributed by atoms with Crippen LogP contribution in [0.15, 0.2) is 66.7 Å². The Balaban J connectivity index is 1.27. The summed E-state index contributed by atoms with van der Waals surface area (Å²) in [6.45, 7) is 6.26. The van der Waals surface area contributed by atoms with Gasteiger partial charge in [-0.25, -0.2) is 4.79 Å². The summed E-state index contributed by atoms with van der Waals surface area (Å²) in [6, 6.07) is 22.7. The molecule has 1 aliphatic heterocycles. The number of fused-ring (bicyclic) bond motifs is 1. The zero-order valence-electron chi connectivity index (χ0n) is 23.2. The molecule has 6 nitrogen and oxygen atoms in total. The molecule has 6 heteroatoms. The third-order valence-corrected chi connectivity index (χ3v) is 8.42. The van der Waals surface area contributed by atoms with Crippen LogP contribution in [0, 0.1) is 0 Å². The molecular weight excluding hydrogens is 488 g/mol. The number of unbranched alkanes of at least 4 members (excludes halogenated alkanes) is 1. The molecule has 1 saturated carbocycles. The van der Waals surface area contributed by atoms with Crippen molar-refractivity contribution in [2.45, 2.75) is 63.4 Å². The van der Waals surface area contributed by atoms with Gasteiger partial charge in [-0.3, -0.25) is 4.90 Å². The van der Waals surface area contributed by atoms with E-state index in [0.717, 1.165) is 86.0 Å². The van der Waals surface area contributed by atoms with Gasteiger partial charge in [-0.05, 0) is 48.4 Å². The minimum atomic E-state index is -0.716. The summed E-state index contributed by atoms with van der Waals surface area (Å²) in [5.74, 6) is 1.64. The summed E-state index contributed by atoms with van der Waals surface area (Å²) in [7, 11) is 0. The maximum atomic E-state index is 12.4. The van der Waals surface area contributed by atoms with Gasteiger partial charge in [0.25, 0.3) is 0 Å². The first kappa shape index (κ1) is 27.5. The highest BCUT2D eigenvalue weighted by Crippen LogP contribution is 2.41. The Morgan fingerprint density at radius 3 is 2.38 bits per heavy atom. The molecule has 0 aromatic heterocycles. The van der Waals surface area contributed by atoms with Gasteiger partial charge in [0.05, 0.1) is 12.2 Å². The van der Waals surface area contributed by atoms with Gasteiger partial charge in [-0.2, -0.15) is 0 Å². The van der Waals surface area contributed by atoms with Crippen LogP contribution >= 0.6 is 0 Å². The fraction of sp³-hybridized carbons (Fsp3) is 0.485. The Hall–Kier alpha value is -3.09. The molecule has 1 aliphatic carbocycles. The summed E-state index contributed by atoms with van der Waals surface area (Å²) in [5, 5.41) is 14.1. The van der Waals surface area contributed by atoms with Crippen molar-refractivity contribution in [3.8, 4) is 11.5 Å². The van der Waals surface area contributed by atoms with Crippen LogP contribution < -0.4 is 4.74 Å². The van der Waals surface area contributed by atoms with E-state index >= 15 is 0 Å². The molecule has 1 saturated heterocycles. The third-order valence-electron chi connectivity index (χ3n) is 8.42.